The predicted molar refractivity (Wildman–Crippen MR) is 68.1 cm³/mol. The van der Waals surface area contributed by atoms with Gasteiger partial charge in [0.25, 0.3) is 0 Å². The van der Waals surface area contributed by atoms with Crippen LogP contribution in [0.3, 0.4) is 0 Å². The Morgan fingerprint density at radius 1 is 1.41 bits per heavy atom. The third-order valence-electron chi connectivity index (χ3n) is 2.51. The molecule has 1 aromatic rings. The van der Waals surface area contributed by atoms with Crippen molar-refractivity contribution in [1.82, 2.24) is 0 Å². The van der Waals surface area contributed by atoms with Crippen molar-refractivity contribution in [2.45, 2.75) is 20.3 Å². The van der Waals surface area contributed by atoms with Gasteiger partial charge in [-0.3, -0.25) is 4.79 Å². The van der Waals surface area contributed by atoms with Crippen LogP contribution in [0.1, 0.15) is 19.4 Å². The number of carboxylic acids is 1. The monoisotopic (exact) mass is 276 g/mol. The molecule has 0 unspecified atom stereocenters. The summed E-state index contributed by atoms with van der Waals surface area (Å²) in [4.78, 5) is 11.1. The SMILES string of the molecule is COc1cc(Cl)cc(CC(C)(C)C(=O)O)c1Cl. The van der Waals surface area contributed by atoms with Gasteiger partial charge >= 0.3 is 5.97 Å². The van der Waals surface area contributed by atoms with Crippen LogP contribution in [0, 0.1) is 5.41 Å². The highest BCUT2D eigenvalue weighted by Crippen LogP contribution is 2.35. The lowest BCUT2D eigenvalue weighted by molar-refractivity contribution is -0.146. The van der Waals surface area contributed by atoms with Crippen LogP contribution in [-0.4, -0.2) is 18.2 Å². The van der Waals surface area contributed by atoms with Gasteiger partial charge in [0.15, 0.2) is 0 Å². The Hall–Kier alpha value is -0.930. The highest BCUT2D eigenvalue weighted by atomic mass is 35.5. The topological polar surface area (TPSA) is 46.5 Å². The lowest BCUT2D eigenvalue weighted by atomic mass is 9.86. The Balaban J connectivity index is 3.15. The molecule has 0 aliphatic carbocycles. The molecule has 0 aliphatic rings. The van der Waals surface area contributed by atoms with Gasteiger partial charge in [0.1, 0.15) is 5.75 Å². The lowest BCUT2D eigenvalue weighted by Crippen LogP contribution is -2.26. The minimum absolute atomic E-state index is 0.290. The molecule has 0 spiro atoms. The smallest absolute Gasteiger partial charge is 0.309 e. The molecule has 0 saturated heterocycles. The molecule has 94 valence electrons. The van der Waals surface area contributed by atoms with Crippen LogP contribution in [-0.2, 0) is 11.2 Å². The maximum Gasteiger partial charge on any atom is 0.309 e. The van der Waals surface area contributed by atoms with Crippen LogP contribution in [0.5, 0.6) is 5.75 Å². The van der Waals surface area contributed by atoms with Crippen LogP contribution in [0.25, 0.3) is 0 Å². The summed E-state index contributed by atoms with van der Waals surface area (Å²) in [7, 11) is 1.49. The molecule has 5 heteroatoms. The molecule has 0 saturated carbocycles. The minimum atomic E-state index is -0.903. The molecular weight excluding hydrogens is 263 g/mol. The average Bonchev–Trinajstić information content (AvgIpc) is 2.22. The second kappa shape index (κ2) is 5.15. The third-order valence-corrected chi connectivity index (χ3v) is 3.16. The van der Waals surface area contributed by atoms with Gasteiger partial charge in [0.05, 0.1) is 17.5 Å². The number of aliphatic carboxylic acids is 1. The van der Waals surface area contributed by atoms with Crippen molar-refractivity contribution in [1.29, 1.82) is 0 Å². The molecule has 0 radical (unpaired) electrons. The molecule has 0 bridgehead atoms. The first-order valence-electron chi connectivity index (χ1n) is 5.03. The molecule has 0 atom stereocenters. The largest absolute Gasteiger partial charge is 0.495 e. The second-order valence-corrected chi connectivity index (χ2v) is 5.26. The molecule has 0 aromatic heterocycles. The third kappa shape index (κ3) is 3.27. The first-order chi connectivity index (χ1) is 7.77. The summed E-state index contributed by atoms with van der Waals surface area (Å²) in [6.45, 7) is 3.28. The summed E-state index contributed by atoms with van der Waals surface area (Å²) in [6, 6.07) is 3.26. The summed E-state index contributed by atoms with van der Waals surface area (Å²) in [5, 5.41) is 9.96. The van der Waals surface area contributed by atoms with Crippen molar-refractivity contribution >= 4 is 29.2 Å². The van der Waals surface area contributed by atoms with E-state index in [1.54, 1.807) is 26.0 Å². The Labute approximate surface area is 110 Å². The fourth-order valence-corrected chi connectivity index (χ4v) is 1.93. The molecule has 0 amide bonds. The number of methoxy groups -OCH3 is 1. The highest BCUT2D eigenvalue weighted by molar-refractivity contribution is 6.35. The van der Waals surface area contributed by atoms with E-state index in [0.717, 1.165) is 0 Å². The van der Waals surface area contributed by atoms with Gasteiger partial charge in [-0.2, -0.15) is 0 Å². The second-order valence-electron chi connectivity index (χ2n) is 4.45. The van der Waals surface area contributed by atoms with Gasteiger partial charge in [-0.05, 0) is 31.9 Å². The fraction of sp³-hybridized carbons (Fsp3) is 0.417. The summed E-state index contributed by atoms with van der Waals surface area (Å²) < 4.78 is 5.08. The highest BCUT2D eigenvalue weighted by Gasteiger charge is 2.29. The standard InChI is InChI=1S/C12H14Cl2O3/c1-12(2,11(15)16)6-7-4-8(13)5-9(17-3)10(7)14/h4-5H,6H2,1-3H3,(H,15,16). The number of hydrogen-bond acceptors (Lipinski definition) is 2. The molecule has 0 fully saturated rings. The van der Waals surface area contributed by atoms with Gasteiger partial charge < -0.3 is 9.84 Å². The average molecular weight is 277 g/mol. The summed E-state index contributed by atoms with van der Waals surface area (Å²) >= 11 is 12.0. The molecular formula is C12H14Cl2O3. The van der Waals surface area contributed by atoms with Crippen LogP contribution in [0.15, 0.2) is 12.1 Å². The number of carboxylic acid groups (broad SMARTS) is 1. The number of benzene rings is 1. The molecule has 1 N–H and O–H groups in total. The first-order valence-corrected chi connectivity index (χ1v) is 5.79. The Morgan fingerprint density at radius 3 is 2.47 bits per heavy atom. The molecule has 3 nitrogen and oxygen atoms in total. The van der Waals surface area contributed by atoms with Crippen molar-refractivity contribution in [3.63, 3.8) is 0 Å². The van der Waals surface area contributed by atoms with E-state index in [4.69, 9.17) is 33.0 Å². The van der Waals surface area contributed by atoms with E-state index >= 15 is 0 Å². The summed E-state index contributed by atoms with van der Waals surface area (Å²) in [5.41, 5.74) is -0.234. The zero-order valence-corrected chi connectivity index (χ0v) is 11.4. The van der Waals surface area contributed by atoms with Crippen molar-refractivity contribution in [2.24, 2.45) is 5.41 Å². The van der Waals surface area contributed by atoms with Crippen LogP contribution >= 0.6 is 23.2 Å². The molecule has 1 rings (SSSR count). The Kier molecular flexibility index (Phi) is 4.28. The Morgan fingerprint density at radius 2 is 2.00 bits per heavy atom. The molecule has 1 aromatic carbocycles. The van der Waals surface area contributed by atoms with E-state index in [1.165, 1.54) is 7.11 Å². The van der Waals surface area contributed by atoms with Gasteiger partial charge in [0.2, 0.25) is 0 Å². The number of ether oxygens (including phenoxy) is 1. The number of rotatable bonds is 4. The van der Waals surface area contributed by atoms with Gasteiger partial charge in [-0.25, -0.2) is 0 Å². The maximum absolute atomic E-state index is 11.1. The van der Waals surface area contributed by atoms with Crippen molar-refractivity contribution < 1.29 is 14.6 Å². The fourth-order valence-electron chi connectivity index (χ4n) is 1.45. The van der Waals surface area contributed by atoms with Crippen LogP contribution < -0.4 is 4.74 Å². The van der Waals surface area contributed by atoms with E-state index in [1.807, 2.05) is 0 Å². The molecule has 0 heterocycles. The summed E-state index contributed by atoms with van der Waals surface area (Å²) in [6.07, 6.45) is 0.290. The van der Waals surface area contributed by atoms with Crippen LogP contribution in [0.2, 0.25) is 10.0 Å². The molecule has 17 heavy (non-hydrogen) atoms. The lowest BCUT2D eigenvalue weighted by Gasteiger charge is -2.20. The van der Waals surface area contributed by atoms with E-state index in [2.05, 4.69) is 0 Å². The quantitative estimate of drug-likeness (QED) is 0.913. The maximum atomic E-state index is 11.1. The van der Waals surface area contributed by atoms with Gasteiger partial charge in [-0.15, -0.1) is 0 Å². The van der Waals surface area contributed by atoms with E-state index < -0.39 is 11.4 Å². The van der Waals surface area contributed by atoms with E-state index in [-0.39, 0.29) is 6.42 Å². The summed E-state index contributed by atoms with van der Waals surface area (Å²) in [5.74, 6) is -0.428. The van der Waals surface area contributed by atoms with Gasteiger partial charge in [-0.1, -0.05) is 23.2 Å². The number of hydrogen-bond donors (Lipinski definition) is 1. The number of carbonyl (C=O) groups is 1. The normalized spacial score (nSPS) is 11.4. The predicted octanol–water partition coefficient (Wildman–Crippen LogP) is 3.66. The van der Waals surface area contributed by atoms with Gasteiger partial charge in [0, 0.05) is 11.1 Å². The first kappa shape index (κ1) is 14.1. The van der Waals surface area contributed by atoms with Crippen LogP contribution in [0.4, 0.5) is 0 Å². The minimum Gasteiger partial charge on any atom is -0.495 e. The zero-order valence-electron chi connectivity index (χ0n) is 9.88. The molecule has 0 aliphatic heterocycles. The Bertz CT molecular complexity index is 442. The van der Waals surface area contributed by atoms with Crippen molar-refractivity contribution in [3.05, 3.63) is 27.7 Å². The van der Waals surface area contributed by atoms with E-state index in [0.29, 0.717) is 21.4 Å². The number of halogens is 2. The van der Waals surface area contributed by atoms with Crippen molar-refractivity contribution in [3.8, 4) is 5.75 Å². The zero-order chi connectivity index (χ0) is 13.2. The van der Waals surface area contributed by atoms with Crippen molar-refractivity contribution in [2.75, 3.05) is 7.11 Å². The van der Waals surface area contributed by atoms with E-state index in [9.17, 15) is 4.79 Å².